The molecule has 0 aromatic rings. The van der Waals surface area contributed by atoms with E-state index in [9.17, 15) is 0 Å². The Balaban J connectivity index is 1.95. The number of piperidine rings is 1. The largest absolute Gasteiger partial charge is 0.292 e. The van der Waals surface area contributed by atoms with E-state index in [0.29, 0.717) is 5.41 Å². The molecule has 1 aliphatic carbocycles. The monoisotopic (exact) mass is 227 g/mol. The summed E-state index contributed by atoms with van der Waals surface area (Å²) in [4.78, 5) is 3.13. The summed E-state index contributed by atoms with van der Waals surface area (Å²) < 4.78 is 0. The van der Waals surface area contributed by atoms with E-state index in [2.05, 4.69) is 33.7 Å². The van der Waals surface area contributed by atoms with E-state index < -0.39 is 0 Å². The SMILES string of the molecule is C#CCN1CCC2(C)C(Br)C2C1. The Kier molecular flexibility index (Phi) is 1.97. The second kappa shape index (κ2) is 2.75. The Morgan fingerprint density at radius 2 is 2.50 bits per heavy atom. The van der Waals surface area contributed by atoms with E-state index in [1.807, 2.05) is 0 Å². The second-order valence-electron chi connectivity index (χ2n) is 4.20. The minimum absolute atomic E-state index is 0.588. The van der Waals surface area contributed by atoms with E-state index in [1.165, 1.54) is 19.5 Å². The summed E-state index contributed by atoms with van der Waals surface area (Å²) in [6, 6.07) is 0. The van der Waals surface area contributed by atoms with Crippen molar-refractivity contribution in [1.29, 1.82) is 0 Å². The van der Waals surface area contributed by atoms with Crippen LogP contribution in [-0.4, -0.2) is 29.4 Å². The van der Waals surface area contributed by atoms with Gasteiger partial charge in [-0.15, -0.1) is 6.42 Å². The lowest BCUT2D eigenvalue weighted by Gasteiger charge is -2.27. The molecule has 1 heterocycles. The molecule has 0 radical (unpaired) electrons. The molecule has 66 valence electrons. The van der Waals surface area contributed by atoms with E-state index in [-0.39, 0.29) is 0 Å². The molecule has 0 spiro atoms. The number of hydrogen-bond acceptors (Lipinski definition) is 1. The molecule has 0 aromatic heterocycles. The van der Waals surface area contributed by atoms with Crippen LogP contribution < -0.4 is 0 Å². The molecule has 12 heavy (non-hydrogen) atoms. The van der Waals surface area contributed by atoms with Gasteiger partial charge in [0.1, 0.15) is 0 Å². The molecule has 3 unspecified atom stereocenters. The van der Waals surface area contributed by atoms with Gasteiger partial charge >= 0.3 is 0 Å². The highest BCUT2D eigenvalue weighted by Gasteiger charge is 2.61. The van der Waals surface area contributed by atoms with Gasteiger partial charge < -0.3 is 0 Å². The number of hydrogen-bond donors (Lipinski definition) is 0. The standard InChI is InChI=1S/C10H14BrN/c1-3-5-12-6-4-10(2)8(7-12)9(10)11/h1,8-9H,4-7H2,2H3. The number of halogens is 1. The van der Waals surface area contributed by atoms with Gasteiger partial charge in [0.2, 0.25) is 0 Å². The molecule has 0 bridgehead atoms. The van der Waals surface area contributed by atoms with Gasteiger partial charge in [-0.25, -0.2) is 0 Å². The van der Waals surface area contributed by atoms with E-state index in [4.69, 9.17) is 6.42 Å². The fourth-order valence-electron chi connectivity index (χ4n) is 2.27. The normalized spacial score (nSPS) is 46.4. The van der Waals surface area contributed by atoms with Crippen LogP contribution in [0.3, 0.4) is 0 Å². The Hall–Kier alpha value is 0. The minimum atomic E-state index is 0.588. The number of rotatable bonds is 1. The summed E-state index contributed by atoms with van der Waals surface area (Å²) in [7, 11) is 0. The van der Waals surface area contributed by atoms with Gasteiger partial charge in [-0.3, -0.25) is 4.90 Å². The zero-order valence-corrected chi connectivity index (χ0v) is 8.97. The average molecular weight is 228 g/mol. The number of alkyl halides is 1. The number of nitrogens with zero attached hydrogens (tertiary/aromatic N) is 1. The van der Waals surface area contributed by atoms with Gasteiger partial charge in [-0.05, 0) is 24.3 Å². The third kappa shape index (κ3) is 1.11. The summed E-state index contributed by atoms with van der Waals surface area (Å²) in [6.07, 6.45) is 6.58. The molecule has 0 N–H and O–H groups in total. The van der Waals surface area contributed by atoms with Crippen LogP contribution in [0.5, 0.6) is 0 Å². The molecule has 1 aliphatic heterocycles. The van der Waals surface area contributed by atoms with Crippen molar-refractivity contribution in [2.24, 2.45) is 11.3 Å². The predicted octanol–water partition coefficient (Wildman–Crippen LogP) is 1.72. The smallest absolute Gasteiger partial charge is 0.0599 e. The molecule has 2 heteroatoms. The van der Waals surface area contributed by atoms with Crippen LogP contribution in [0.25, 0.3) is 0 Å². The van der Waals surface area contributed by atoms with E-state index >= 15 is 0 Å². The fourth-order valence-corrected chi connectivity index (χ4v) is 3.45. The van der Waals surface area contributed by atoms with Gasteiger partial charge in [-0.1, -0.05) is 28.8 Å². The molecule has 1 saturated carbocycles. The Labute approximate surface area is 82.6 Å². The quantitative estimate of drug-likeness (QED) is 0.488. The first kappa shape index (κ1) is 8.59. The van der Waals surface area contributed by atoms with Crippen molar-refractivity contribution in [3.63, 3.8) is 0 Å². The van der Waals surface area contributed by atoms with Gasteiger partial charge in [-0.2, -0.15) is 0 Å². The first-order valence-electron chi connectivity index (χ1n) is 4.48. The topological polar surface area (TPSA) is 3.24 Å². The highest BCUT2D eigenvalue weighted by Crippen LogP contribution is 2.61. The summed E-state index contributed by atoms with van der Waals surface area (Å²) >= 11 is 3.73. The molecule has 2 rings (SSSR count). The number of likely N-dealkylation sites (tertiary alicyclic amines) is 1. The maximum Gasteiger partial charge on any atom is 0.0599 e. The van der Waals surface area contributed by atoms with Crippen LogP contribution in [-0.2, 0) is 0 Å². The van der Waals surface area contributed by atoms with Crippen molar-refractivity contribution < 1.29 is 0 Å². The Bertz CT molecular complexity index is 232. The fraction of sp³-hybridized carbons (Fsp3) is 0.800. The first-order valence-corrected chi connectivity index (χ1v) is 5.40. The van der Waals surface area contributed by atoms with Gasteiger partial charge in [0.25, 0.3) is 0 Å². The molecule has 0 amide bonds. The maximum absolute atomic E-state index is 5.28. The molecule has 3 atom stereocenters. The minimum Gasteiger partial charge on any atom is -0.292 e. The average Bonchev–Trinajstić information content (AvgIpc) is 2.58. The highest BCUT2D eigenvalue weighted by atomic mass is 79.9. The van der Waals surface area contributed by atoms with Gasteiger partial charge in [0.15, 0.2) is 0 Å². The van der Waals surface area contributed by atoms with Gasteiger partial charge in [0.05, 0.1) is 6.54 Å². The van der Waals surface area contributed by atoms with Crippen molar-refractivity contribution in [3.8, 4) is 12.3 Å². The van der Waals surface area contributed by atoms with Crippen molar-refractivity contribution in [1.82, 2.24) is 4.90 Å². The predicted molar refractivity (Wildman–Crippen MR) is 54.2 cm³/mol. The van der Waals surface area contributed by atoms with Gasteiger partial charge in [0, 0.05) is 11.4 Å². The lowest BCUT2D eigenvalue weighted by Crippen LogP contribution is -2.34. The van der Waals surface area contributed by atoms with Crippen molar-refractivity contribution >= 4 is 15.9 Å². The van der Waals surface area contributed by atoms with Crippen LogP contribution in [0.2, 0.25) is 0 Å². The lowest BCUT2D eigenvalue weighted by molar-refractivity contribution is 0.206. The van der Waals surface area contributed by atoms with Crippen LogP contribution in [0.4, 0.5) is 0 Å². The third-order valence-electron chi connectivity index (χ3n) is 3.46. The van der Waals surface area contributed by atoms with Crippen LogP contribution >= 0.6 is 15.9 Å². The second-order valence-corrected chi connectivity index (χ2v) is 5.19. The van der Waals surface area contributed by atoms with Crippen molar-refractivity contribution in [2.75, 3.05) is 19.6 Å². The van der Waals surface area contributed by atoms with Crippen molar-refractivity contribution in [3.05, 3.63) is 0 Å². The highest BCUT2D eigenvalue weighted by molar-refractivity contribution is 9.09. The van der Waals surface area contributed by atoms with Crippen LogP contribution in [0.1, 0.15) is 13.3 Å². The van der Waals surface area contributed by atoms with Crippen LogP contribution in [0.15, 0.2) is 0 Å². The molecule has 1 nitrogen and oxygen atoms in total. The molecule has 0 aromatic carbocycles. The van der Waals surface area contributed by atoms with E-state index in [0.717, 1.165) is 17.3 Å². The molecular formula is C10H14BrN. The van der Waals surface area contributed by atoms with Crippen LogP contribution in [0, 0.1) is 23.7 Å². The summed E-state index contributed by atoms with van der Waals surface area (Å²) in [5.74, 6) is 3.56. The number of terminal acetylenes is 1. The van der Waals surface area contributed by atoms with Crippen molar-refractivity contribution in [2.45, 2.75) is 18.2 Å². The van der Waals surface area contributed by atoms with E-state index in [1.54, 1.807) is 0 Å². The summed E-state index contributed by atoms with van der Waals surface area (Å²) in [5.41, 5.74) is 0.588. The zero-order chi connectivity index (χ0) is 8.77. The molecule has 2 fully saturated rings. The summed E-state index contributed by atoms with van der Waals surface area (Å²) in [6.45, 7) is 5.58. The maximum atomic E-state index is 5.28. The third-order valence-corrected chi connectivity index (χ3v) is 5.14. The summed E-state index contributed by atoms with van der Waals surface area (Å²) in [5, 5.41) is 0. The Morgan fingerprint density at radius 3 is 3.08 bits per heavy atom. The Morgan fingerprint density at radius 1 is 1.75 bits per heavy atom. The molecule has 2 aliphatic rings. The zero-order valence-electron chi connectivity index (χ0n) is 7.39. The first-order chi connectivity index (χ1) is 5.68. The number of fused-ring (bicyclic) bond motifs is 1. The lowest BCUT2D eigenvalue weighted by atomic mass is 9.98. The molecule has 1 saturated heterocycles. The molecular weight excluding hydrogens is 214 g/mol.